The Morgan fingerprint density at radius 2 is 1.42 bits per heavy atom. The number of carbonyl (C=O) groups is 2. The first-order valence-electron chi connectivity index (χ1n) is 11.4. The molecule has 5 nitrogen and oxygen atoms in total. The highest BCUT2D eigenvalue weighted by molar-refractivity contribution is 5.89. The van der Waals surface area contributed by atoms with Crippen LogP contribution in [0.5, 0.6) is 5.75 Å². The zero-order valence-corrected chi connectivity index (χ0v) is 19.3. The molecular formula is C28H32N2O3. The molecule has 33 heavy (non-hydrogen) atoms. The standard InChI is InChI=1S/C28H32N2O3/c1-22(2)18-19-29-28(32)27(24-14-8-4-9-15-24)30(20-23-12-6-3-7-13-23)26(31)21-33-25-16-10-5-11-17-25/h3-17,22,27H,18-21H2,1-2H3,(H,29,32)/t27-/m1/s1. The molecule has 172 valence electrons. The summed E-state index contributed by atoms with van der Waals surface area (Å²) in [5.41, 5.74) is 1.71. The van der Waals surface area contributed by atoms with Crippen molar-refractivity contribution in [2.75, 3.05) is 13.2 Å². The van der Waals surface area contributed by atoms with Crippen molar-refractivity contribution in [2.24, 2.45) is 5.92 Å². The maximum absolute atomic E-state index is 13.4. The third-order valence-electron chi connectivity index (χ3n) is 5.32. The second-order valence-corrected chi connectivity index (χ2v) is 8.40. The molecule has 0 aromatic heterocycles. The molecule has 0 aliphatic rings. The molecule has 0 spiro atoms. The smallest absolute Gasteiger partial charge is 0.261 e. The van der Waals surface area contributed by atoms with E-state index in [0.29, 0.717) is 24.8 Å². The molecule has 0 heterocycles. The average molecular weight is 445 g/mol. The van der Waals surface area contributed by atoms with E-state index in [-0.39, 0.29) is 18.4 Å². The van der Waals surface area contributed by atoms with Gasteiger partial charge in [-0.3, -0.25) is 9.59 Å². The monoisotopic (exact) mass is 444 g/mol. The van der Waals surface area contributed by atoms with Crippen LogP contribution in [0.3, 0.4) is 0 Å². The van der Waals surface area contributed by atoms with Crippen molar-refractivity contribution in [1.29, 1.82) is 0 Å². The lowest BCUT2D eigenvalue weighted by atomic mass is 10.0. The van der Waals surface area contributed by atoms with Gasteiger partial charge in [-0.1, -0.05) is 92.7 Å². The first kappa shape index (κ1) is 24.1. The first-order valence-corrected chi connectivity index (χ1v) is 11.4. The molecular weight excluding hydrogens is 412 g/mol. The zero-order chi connectivity index (χ0) is 23.5. The molecule has 0 saturated heterocycles. The number of nitrogens with one attached hydrogen (secondary N) is 1. The van der Waals surface area contributed by atoms with Crippen LogP contribution >= 0.6 is 0 Å². The second kappa shape index (κ2) is 12.4. The van der Waals surface area contributed by atoms with E-state index in [2.05, 4.69) is 19.2 Å². The number of para-hydroxylation sites is 1. The molecule has 0 fully saturated rings. The number of hydrogen-bond donors (Lipinski definition) is 1. The van der Waals surface area contributed by atoms with Crippen LogP contribution in [-0.4, -0.2) is 29.9 Å². The minimum atomic E-state index is -0.759. The van der Waals surface area contributed by atoms with Gasteiger partial charge in [0, 0.05) is 13.1 Å². The fraction of sp³-hybridized carbons (Fsp3) is 0.286. The highest BCUT2D eigenvalue weighted by Gasteiger charge is 2.31. The van der Waals surface area contributed by atoms with Crippen LogP contribution in [0.15, 0.2) is 91.0 Å². The Labute approximate surface area is 196 Å². The quantitative estimate of drug-likeness (QED) is 0.453. The van der Waals surface area contributed by atoms with Crippen LogP contribution in [0.2, 0.25) is 0 Å². The minimum Gasteiger partial charge on any atom is -0.484 e. The Kier molecular flexibility index (Phi) is 9.07. The number of rotatable bonds is 11. The number of carbonyl (C=O) groups excluding carboxylic acids is 2. The Bertz CT molecular complexity index is 991. The Morgan fingerprint density at radius 3 is 2.03 bits per heavy atom. The zero-order valence-electron chi connectivity index (χ0n) is 19.3. The van der Waals surface area contributed by atoms with Gasteiger partial charge in [0.2, 0.25) is 5.91 Å². The van der Waals surface area contributed by atoms with Gasteiger partial charge in [0.25, 0.3) is 5.91 Å². The topological polar surface area (TPSA) is 58.6 Å². The van der Waals surface area contributed by atoms with Crippen molar-refractivity contribution in [3.8, 4) is 5.75 Å². The molecule has 3 aromatic carbocycles. The number of nitrogens with zero attached hydrogens (tertiary/aromatic N) is 1. The largest absolute Gasteiger partial charge is 0.484 e. The molecule has 5 heteroatoms. The molecule has 1 N–H and O–H groups in total. The minimum absolute atomic E-state index is 0.153. The maximum Gasteiger partial charge on any atom is 0.261 e. The van der Waals surface area contributed by atoms with E-state index in [9.17, 15) is 9.59 Å². The molecule has 3 rings (SSSR count). The van der Waals surface area contributed by atoms with Crippen LogP contribution < -0.4 is 10.1 Å². The molecule has 0 bridgehead atoms. The average Bonchev–Trinajstić information content (AvgIpc) is 2.84. The van der Waals surface area contributed by atoms with Crippen molar-refractivity contribution in [2.45, 2.75) is 32.9 Å². The summed E-state index contributed by atoms with van der Waals surface area (Å²) in [4.78, 5) is 28.4. The SMILES string of the molecule is CC(C)CCNC(=O)[C@@H](c1ccccc1)N(Cc1ccccc1)C(=O)COc1ccccc1. The molecule has 0 aliphatic heterocycles. The second-order valence-electron chi connectivity index (χ2n) is 8.40. The summed E-state index contributed by atoms with van der Waals surface area (Å²) < 4.78 is 5.74. The van der Waals surface area contributed by atoms with E-state index in [1.54, 1.807) is 4.90 Å². The fourth-order valence-electron chi connectivity index (χ4n) is 3.54. The molecule has 0 aliphatic carbocycles. The van der Waals surface area contributed by atoms with E-state index in [1.807, 2.05) is 91.0 Å². The normalized spacial score (nSPS) is 11.6. The van der Waals surface area contributed by atoms with Gasteiger partial charge in [-0.2, -0.15) is 0 Å². The van der Waals surface area contributed by atoms with E-state index in [4.69, 9.17) is 4.74 Å². The Balaban J connectivity index is 1.88. The summed E-state index contributed by atoms with van der Waals surface area (Å²) >= 11 is 0. The van der Waals surface area contributed by atoms with Crippen LogP contribution in [-0.2, 0) is 16.1 Å². The maximum atomic E-state index is 13.4. The Morgan fingerprint density at radius 1 is 0.848 bits per heavy atom. The van der Waals surface area contributed by atoms with Crippen LogP contribution in [0.1, 0.15) is 37.4 Å². The molecule has 0 radical (unpaired) electrons. The van der Waals surface area contributed by atoms with Crippen molar-refractivity contribution < 1.29 is 14.3 Å². The lowest BCUT2D eigenvalue weighted by molar-refractivity contribution is -0.143. The molecule has 0 saturated carbocycles. The summed E-state index contributed by atoms with van der Waals surface area (Å²) in [5, 5.41) is 3.03. The third-order valence-corrected chi connectivity index (χ3v) is 5.32. The van der Waals surface area contributed by atoms with Gasteiger partial charge in [-0.25, -0.2) is 0 Å². The highest BCUT2D eigenvalue weighted by atomic mass is 16.5. The van der Waals surface area contributed by atoms with Gasteiger partial charge >= 0.3 is 0 Å². The highest BCUT2D eigenvalue weighted by Crippen LogP contribution is 2.24. The third kappa shape index (κ3) is 7.49. The van der Waals surface area contributed by atoms with Crippen molar-refractivity contribution in [3.05, 3.63) is 102 Å². The van der Waals surface area contributed by atoms with Crippen LogP contribution in [0.25, 0.3) is 0 Å². The first-order chi connectivity index (χ1) is 16.0. The van der Waals surface area contributed by atoms with Crippen LogP contribution in [0.4, 0.5) is 0 Å². The van der Waals surface area contributed by atoms with Gasteiger partial charge in [0.1, 0.15) is 11.8 Å². The van der Waals surface area contributed by atoms with Gasteiger partial charge < -0.3 is 15.0 Å². The predicted octanol–water partition coefficient (Wildman–Crippen LogP) is 5.00. The predicted molar refractivity (Wildman–Crippen MR) is 131 cm³/mol. The Hall–Kier alpha value is -3.60. The number of amides is 2. The summed E-state index contributed by atoms with van der Waals surface area (Å²) in [5.74, 6) is 0.645. The summed E-state index contributed by atoms with van der Waals surface area (Å²) in [7, 11) is 0. The summed E-state index contributed by atoms with van der Waals surface area (Å²) in [6, 6.07) is 27.6. The molecule has 1 atom stereocenters. The van der Waals surface area contributed by atoms with Crippen molar-refractivity contribution in [3.63, 3.8) is 0 Å². The van der Waals surface area contributed by atoms with E-state index in [0.717, 1.165) is 17.5 Å². The van der Waals surface area contributed by atoms with Crippen molar-refractivity contribution in [1.82, 2.24) is 10.2 Å². The summed E-state index contributed by atoms with van der Waals surface area (Å²) in [6.07, 6.45) is 0.872. The molecule has 2 amide bonds. The van der Waals surface area contributed by atoms with Gasteiger partial charge in [-0.05, 0) is 35.6 Å². The number of benzene rings is 3. The van der Waals surface area contributed by atoms with Gasteiger partial charge in [-0.15, -0.1) is 0 Å². The molecule has 3 aromatic rings. The van der Waals surface area contributed by atoms with Gasteiger partial charge in [0.15, 0.2) is 6.61 Å². The van der Waals surface area contributed by atoms with Crippen LogP contribution in [0, 0.1) is 5.92 Å². The summed E-state index contributed by atoms with van der Waals surface area (Å²) in [6.45, 7) is 4.95. The lowest BCUT2D eigenvalue weighted by Gasteiger charge is -2.31. The number of hydrogen-bond acceptors (Lipinski definition) is 3. The fourth-order valence-corrected chi connectivity index (χ4v) is 3.54. The number of ether oxygens (including phenoxy) is 1. The van der Waals surface area contributed by atoms with Crippen molar-refractivity contribution >= 4 is 11.8 Å². The van der Waals surface area contributed by atoms with E-state index < -0.39 is 6.04 Å². The molecule has 0 unspecified atom stereocenters. The lowest BCUT2D eigenvalue weighted by Crippen LogP contribution is -2.45. The van der Waals surface area contributed by atoms with E-state index >= 15 is 0 Å². The van der Waals surface area contributed by atoms with E-state index in [1.165, 1.54) is 0 Å². The van der Waals surface area contributed by atoms with Gasteiger partial charge in [0.05, 0.1) is 0 Å².